The topological polar surface area (TPSA) is 111 Å². The van der Waals surface area contributed by atoms with Crippen molar-refractivity contribution in [1.29, 1.82) is 0 Å². The fraction of sp³-hybridized carbons (Fsp3) is 0.250. The molecule has 2 rings (SSSR count). The highest BCUT2D eigenvalue weighted by atomic mass is 19.3. The molecule has 1 heterocycles. The summed E-state index contributed by atoms with van der Waals surface area (Å²) in [7, 11) is 0. The van der Waals surface area contributed by atoms with E-state index in [0.717, 1.165) is 12.4 Å². The molecule has 10 heteroatoms. The first-order chi connectivity index (χ1) is 12.4. The fourth-order valence-corrected chi connectivity index (χ4v) is 2.01. The van der Waals surface area contributed by atoms with Crippen LogP contribution < -0.4 is 14.8 Å². The molecular formula is C16H15F2N3O5. The molecular weight excluding hydrogens is 352 g/mol. The molecule has 26 heavy (non-hydrogen) atoms. The number of nitrogens with zero attached hydrogens (tertiary/aromatic N) is 2. The average molecular weight is 367 g/mol. The zero-order valence-electron chi connectivity index (χ0n) is 13.6. The Morgan fingerprint density at radius 1 is 1.23 bits per heavy atom. The lowest BCUT2D eigenvalue weighted by Gasteiger charge is -2.15. The van der Waals surface area contributed by atoms with E-state index in [9.17, 15) is 18.4 Å². The van der Waals surface area contributed by atoms with E-state index in [1.807, 2.05) is 0 Å². The van der Waals surface area contributed by atoms with E-state index in [4.69, 9.17) is 9.84 Å². The maximum atomic E-state index is 12.7. The normalized spacial score (nSPS) is 10.5. The Hall–Kier alpha value is -3.30. The Balaban J connectivity index is 2.13. The van der Waals surface area contributed by atoms with Gasteiger partial charge < -0.3 is 19.9 Å². The number of hydrogen-bond acceptors (Lipinski definition) is 6. The largest absolute Gasteiger partial charge is 0.490 e. The molecule has 0 aliphatic rings. The maximum absolute atomic E-state index is 12.7. The van der Waals surface area contributed by atoms with Crippen LogP contribution in [0.1, 0.15) is 33.5 Å². The number of halogens is 2. The molecule has 138 valence electrons. The molecule has 0 aliphatic heterocycles. The first-order valence-corrected chi connectivity index (χ1v) is 7.45. The summed E-state index contributed by atoms with van der Waals surface area (Å²) >= 11 is 0. The van der Waals surface area contributed by atoms with Gasteiger partial charge in [0, 0.05) is 12.1 Å². The molecule has 0 radical (unpaired) electrons. The average Bonchev–Trinajstić information content (AvgIpc) is 2.61. The van der Waals surface area contributed by atoms with Gasteiger partial charge in [0.05, 0.1) is 19.0 Å². The lowest BCUT2D eigenvalue weighted by atomic mass is 10.2. The minimum atomic E-state index is -3.06. The maximum Gasteiger partial charge on any atom is 0.387 e. The summed E-state index contributed by atoms with van der Waals surface area (Å²) < 4.78 is 35.1. The first kappa shape index (κ1) is 19.0. The molecule has 0 aliphatic carbocycles. The van der Waals surface area contributed by atoms with Crippen molar-refractivity contribution in [3.8, 4) is 11.5 Å². The lowest BCUT2D eigenvalue weighted by Crippen LogP contribution is -2.25. The summed E-state index contributed by atoms with van der Waals surface area (Å²) in [5.41, 5.74) is -0.148. The fourth-order valence-electron chi connectivity index (χ4n) is 2.01. The number of carboxylic acid groups (broad SMARTS) is 1. The molecule has 0 spiro atoms. The van der Waals surface area contributed by atoms with Crippen molar-refractivity contribution in [3.63, 3.8) is 0 Å². The van der Waals surface area contributed by atoms with E-state index < -0.39 is 18.5 Å². The Morgan fingerprint density at radius 2 is 1.92 bits per heavy atom. The minimum absolute atomic E-state index is 0.118. The summed E-state index contributed by atoms with van der Waals surface area (Å²) in [6.45, 7) is -1.24. The zero-order valence-corrected chi connectivity index (χ0v) is 13.6. The quantitative estimate of drug-likeness (QED) is 0.735. The highest BCUT2D eigenvalue weighted by Crippen LogP contribution is 2.32. The number of nitrogens with one attached hydrogen (secondary N) is 1. The van der Waals surface area contributed by atoms with Gasteiger partial charge in [0.15, 0.2) is 17.2 Å². The minimum Gasteiger partial charge on any atom is -0.490 e. The second kappa shape index (κ2) is 8.70. The summed E-state index contributed by atoms with van der Waals surface area (Å²) in [4.78, 5) is 30.1. The molecule has 0 bridgehead atoms. The monoisotopic (exact) mass is 367 g/mol. The predicted molar refractivity (Wildman–Crippen MR) is 84.4 cm³/mol. The number of carboxylic acids is 1. The standard InChI is InChI=1S/C16H15F2N3O5/c1-2-25-12-5-3-4-9(13(12)26-16(17)18)6-21-14(22)10-7-20-11(8-19-10)15(23)24/h3-5,7-8,16H,2,6H2,1H3,(H,21,22)(H,23,24). The number of amides is 1. The van der Waals surface area contributed by atoms with Crippen molar-refractivity contribution in [2.45, 2.75) is 20.1 Å². The van der Waals surface area contributed by atoms with Gasteiger partial charge in [-0.1, -0.05) is 12.1 Å². The number of carbonyl (C=O) groups is 2. The highest BCUT2D eigenvalue weighted by molar-refractivity contribution is 5.92. The van der Waals surface area contributed by atoms with E-state index in [2.05, 4.69) is 20.0 Å². The number of para-hydroxylation sites is 1. The smallest absolute Gasteiger partial charge is 0.387 e. The van der Waals surface area contributed by atoms with Crippen LogP contribution in [0.15, 0.2) is 30.6 Å². The van der Waals surface area contributed by atoms with Crippen molar-refractivity contribution >= 4 is 11.9 Å². The summed E-state index contributed by atoms with van der Waals surface area (Å²) in [6, 6.07) is 4.55. The molecule has 0 saturated heterocycles. The zero-order chi connectivity index (χ0) is 19.1. The Labute approximate surface area is 146 Å². The third-order valence-corrected chi connectivity index (χ3v) is 3.11. The van der Waals surface area contributed by atoms with Gasteiger partial charge in [-0.05, 0) is 13.0 Å². The number of aromatic nitrogens is 2. The Bertz CT molecular complexity index is 784. The molecule has 1 amide bonds. The molecule has 8 nitrogen and oxygen atoms in total. The van der Waals surface area contributed by atoms with E-state index in [1.54, 1.807) is 13.0 Å². The van der Waals surface area contributed by atoms with E-state index in [-0.39, 0.29) is 41.6 Å². The van der Waals surface area contributed by atoms with Gasteiger partial charge in [0.1, 0.15) is 5.69 Å². The molecule has 1 aromatic heterocycles. The van der Waals surface area contributed by atoms with Crippen LogP contribution in [0.5, 0.6) is 11.5 Å². The van der Waals surface area contributed by atoms with Crippen molar-refractivity contribution in [3.05, 3.63) is 47.5 Å². The number of aromatic carboxylic acids is 1. The van der Waals surface area contributed by atoms with Crippen molar-refractivity contribution < 1.29 is 33.0 Å². The molecule has 0 fully saturated rings. The summed E-state index contributed by atoms with van der Waals surface area (Å²) in [5.74, 6) is -1.97. The third-order valence-electron chi connectivity index (χ3n) is 3.11. The third kappa shape index (κ3) is 4.85. The number of hydrogen-bond donors (Lipinski definition) is 2. The Morgan fingerprint density at radius 3 is 2.50 bits per heavy atom. The number of ether oxygens (including phenoxy) is 2. The van der Waals surface area contributed by atoms with Gasteiger partial charge >= 0.3 is 12.6 Å². The van der Waals surface area contributed by atoms with Crippen LogP contribution in [0.25, 0.3) is 0 Å². The second-order valence-corrected chi connectivity index (χ2v) is 4.83. The number of benzene rings is 1. The SMILES string of the molecule is CCOc1cccc(CNC(=O)c2cnc(C(=O)O)cn2)c1OC(F)F. The molecule has 0 saturated carbocycles. The summed E-state index contributed by atoms with van der Waals surface area (Å²) in [6.07, 6.45) is 1.95. The van der Waals surface area contributed by atoms with Gasteiger partial charge in [-0.3, -0.25) is 4.79 Å². The van der Waals surface area contributed by atoms with Gasteiger partial charge in [-0.2, -0.15) is 8.78 Å². The lowest BCUT2D eigenvalue weighted by molar-refractivity contribution is -0.0520. The van der Waals surface area contributed by atoms with Crippen molar-refractivity contribution in [2.75, 3.05) is 6.61 Å². The van der Waals surface area contributed by atoms with Gasteiger partial charge in [0.25, 0.3) is 5.91 Å². The van der Waals surface area contributed by atoms with Crippen molar-refractivity contribution in [1.82, 2.24) is 15.3 Å². The van der Waals surface area contributed by atoms with E-state index >= 15 is 0 Å². The van der Waals surface area contributed by atoms with Crippen LogP contribution in [0.4, 0.5) is 8.78 Å². The molecule has 2 aromatic rings. The Kier molecular flexibility index (Phi) is 6.36. The van der Waals surface area contributed by atoms with Crippen LogP contribution in [0.3, 0.4) is 0 Å². The highest BCUT2D eigenvalue weighted by Gasteiger charge is 2.17. The molecule has 0 atom stereocenters. The van der Waals surface area contributed by atoms with E-state index in [0.29, 0.717) is 0 Å². The van der Waals surface area contributed by atoms with Crippen LogP contribution in [0, 0.1) is 0 Å². The predicted octanol–water partition coefficient (Wildman–Crippen LogP) is 2.10. The molecule has 1 aromatic carbocycles. The number of alkyl halides is 2. The molecule has 2 N–H and O–H groups in total. The number of carbonyl (C=O) groups excluding carboxylic acids is 1. The second-order valence-electron chi connectivity index (χ2n) is 4.83. The van der Waals surface area contributed by atoms with Crippen LogP contribution in [0.2, 0.25) is 0 Å². The molecule has 0 unspecified atom stereocenters. The van der Waals surface area contributed by atoms with Gasteiger partial charge in [-0.25, -0.2) is 14.8 Å². The first-order valence-electron chi connectivity index (χ1n) is 7.45. The summed E-state index contributed by atoms with van der Waals surface area (Å²) in [5, 5.41) is 11.2. The van der Waals surface area contributed by atoms with Crippen LogP contribution >= 0.6 is 0 Å². The number of rotatable bonds is 8. The van der Waals surface area contributed by atoms with Crippen LogP contribution in [-0.4, -0.2) is 40.2 Å². The van der Waals surface area contributed by atoms with Gasteiger partial charge in [0.2, 0.25) is 0 Å². The van der Waals surface area contributed by atoms with Gasteiger partial charge in [-0.15, -0.1) is 0 Å². The van der Waals surface area contributed by atoms with Crippen LogP contribution in [-0.2, 0) is 6.54 Å². The van der Waals surface area contributed by atoms with Crippen molar-refractivity contribution in [2.24, 2.45) is 0 Å². The van der Waals surface area contributed by atoms with E-state index in [1.165, 1.54) is 12.1 Å².